The number of nitrogens with zero attached hydrogens (tertiary/aromatic N) is 3. The minimum Gasteiger partial charge on any atom is -0.354 e. The van der Waals surface area contributed by atoms with Crippen LogP contribution < -0.4 is 15.5 Å². The standard InChI is InChI=1S/C46H55N5O19S5/c1-44(2)34-26-32(74(65,66)67)9-11-36(34)49(19-5-22-71(56,57)58)38(44)13-7-30-25-31(8-14-39-45(3,4)35-27-33(75(68,69)70)10-12-37(35)50(39)20-6-23-72(59,60)61)29-46(28-30,43(55)48-18-24-73(62,63)64)42(54)47-17-21-51-40(52)15-16-41(51)53/h7-16,25-27H,5-6,17-24,28-29H2,1-4H3,(H6-,47,48,54,55,56,57,58,59,60,61,62,63,64,65,66,67,68,69,70)/p+1. The Kier molecular flexibility index (Phi) is 16.6. The zero-order valence-electron chi connectivity index (χ0n) is 40.8. The fraction of sp³-hybridized carbons (Fsp3) is 0.413. The molecular formula is C46H56N5O19S5+. The molecule has 4 amide bonds. The van der Waals surface area contributed by atoms with Gasteiger partial charge in [-0.3, -0.25) is 46.8 Å². The van der Waals surface area contributed by atoms with Gasteiger partial charge in [-0.1, -0.05) is 32.1 Å². The summed E-state index contributed by atoms with van der Waals surface area (Å²) in [7, 11) is -22.9. The van der Waals surface area contributed by atoms with Crippen molar-refractivity contribution in [2.45, 2.75) is 74.0 Å². The van der Waals surface area contributed by atoms with Crippen LogP contribution in [0.25, 0.3) is 0 Å². The summed E-state index contributed by atoms with van der Waals surface area (Å²) in [6.07, 6.45) is 8.75. The van der Waals surface area contributed by atoms with E-state index in [4.69, 9.17) is 0 Å². The highest BCUT2D eigenvalue weighted by Gasteiger charge is 2.50. The molecule has 29 heteroatoms. The van der Waals surface area contributed by atoms with Gasteiger partial charge in [0.25, 0.3) is 62.4 Å². The Morgan fingerprint density at radius 1 is 0.640 bits per heavy atom. The van der Waals surface area contributed by atoms with Crippen LogP contribution in [0.2, 0.25) is 0 Å². The van der Waals surface area contributed by atoms with Gasteiger partial charge in [0.1, 0.15) is 12.0 Å². The van der Waals surface area contributed by atoms with E-state index in [2.05, 4.69) is 10.6 Å². The van der Waals surface area contributed by atoms with Gasteiger partial charge < -0.3 is 15.5 Å². The smallest absolute Gasteiger partial charge is 0.294 e. The third-order valence-corrected chi connectivity index (χ3v) is 17.2. The molecule has 0 saturated heterocycles. The molecule has 2 aromatic carbocycles. The Hall–Kier alpha value is -5.76. The fourth-order valence-electron chi connectivity index (χ4n) is 9.60. The molecule has 1 atom stereocenters. The van der Waals surface area contributed by atoms with Crippen LogP contribution in [0, 0.1) is 5.41 Å². The summed E-state index contributed by atoms with van der Waals surface area (Å²) < 4.78 is 170. The number of nitrogens with one attached hydrogen (secondary N) is 2. The van der Waals surface area contributed by atoms with Crippen molar-refractivity contribution in [2.75, 3.05) is 54.9 Å². The summed E-state index contributed by atoms with van der Waals surface area (Å²) in [5.74, 6) is -5.57. The molecule has 2 aromatic rings. The molecule has 24 nitrogen and oxygen atoms in total. The van der Waals surface area contributed by atoms with E-state index in [0.29, 0.717) is 33.9 Å². The Bertz CT molecular complexity index is 3500. The predicted molar refractivity (Wildman–Crippen MR) is 271 cm³/mol. The van der Waals surface area contributed by atoms with Crippen LogP contribution in [0.1, 0.15) is 64.5 Å². The highest BCUT2D eigenvalue weighted by molar-refractivity contribution is 7.86. The lowest BCUT2D eigenvalue weighted by atomic mass is 9.70. The number of amides is 4. The van der Waals surface area contributed by atoms with Crippen LogP contribution in [-0.2, 0) is 80.6 Å². The van der Waals surface area contributed by atoms with E-state index in [1.165, 1.54) is 36.4 Å². The monoisotopic (exact) mass is 1140 g/mol. The number of allylic oxidation sites excluding steroid dienone is 8. The molecular weight excluding hydrogens is 1090 g/mol. The molecule has 0 saturated carbocycles. The van der Waals surface area contributed by atoms with Crippen molar-refractivity contribution in [1.29, 1.82) is 0 Å². The van der Waals surface area contributed by atoms with E-state index < -0.39 is 137 Å². The van der Waals surface area contributed by atoms with Gasteiger partial charge in [0.15, 0.2) is 5.71 Å². The average molecular weight is 1140 g/mol. The molecule has 0 bridgehead atoms. The van der Waals surface area contributed by atoms with E-state index in [9.17, 15) is 84.0 Å². The van der Waals surface area contributed by atoms with Crippen molar-refractivity contribution in [3.8, 4) is 0 Å². The molecule has 3 aliphatic heterocycles. The van der Waals surface area contributed by atoms with Crippen molar-refractivity contribution in [3.63, 3.8) is 0 Å². The van der Waals surface area contributed by atoms with Crippen LogP contribution in [0.3, 0.4) is 0 Å². The lowest BCUT2D eigenvalue weighted by Gasteiger charge is -2.35. The Morgan fingerprint density at radius 2 is 1.19 bits per heavy atom. The maximum Gasteiger partial charge on any atom is 0.294 e. The summed E-state index contributed by atoms with van der Waals surface area (Å²) in [6.45, 7) is 5.39. The van der Waals surface area contributed by atoms with Gasteiger partial charge >= 0.3 is 0 Å². The van der Waals surface area contributed by atoms with Crippen molar-refractivity contribution in [1.82, 2.24) is 15.5 Å². The summed E-state index contributed by atoms with van der Waals surface area (Å²) >= 11 is 0. The van der Waals surface area contributed by atoms with Crippen LogP contribution in [0.15, 0.2) is 106 Å². The number of imide groups is 1. The molecule has 75 heavy (non-hydrogen) atoms. The lowest BCUT2D eigenvalue weighted by molar-refractivity contribution is -0.437. The van der Waals surface area contributed by atoms with E-state index in [1.54, 1.807) is 55.4 Å². The zero-order valence-corrected chi connectivity index (χ0v) is 44.9. The molecule has 0 radical (unpaired) electrons. The zero-order chi connectivity index (χ0) is 55.9. The first kappa shape index (κ1) is 58.5. The highest BCUT2D eigenvalue weighted by atomic mass is 32.2. The predicted octanol–water partition coefficient (Wildman–Crippen LogP) is 2.03. The number of carbonyl (C=O) groups is 4. The largest absolute Gasteiger partial charge is 0.354 e. The summed E-state index contributed by atoms with van der Waals surface area (Å²) in [5, 5.41) is 5.04. The topological polar surface area (TPSA) is 374 Å². The molecule has 1 unspecified atom stereocenters. The number of hydrogen-bond donors (Lipinski definition) is 7. The second-order valence-corrected chi connectivity index (χ2v) is 26.8. The molecule has 3 heterocycles. The Labute approximate surface area is 434 Å². The number of carbonyl (C=O) groups excluding carboxylic acids is 4. The Balaban J connectivity index is 1.54. The number of fused-ring (bicyclic) bond motifs is 2. The van der Waals surface area contributed by atoms with E-state index in [-0.39, 0.29) is 50.2 Å². The molecule has 0 aromatic heterocycles. The summed E-state index contributed by atoms with van der Waals surface area (Å²) in [4.78, 5) is 55.8. The van der Waals surface area contributed by atoms with Crippen molar-refractivity contribution in [2.24, 2.45) is 5.41 Å². The quantitative estimate of drug-likeness (QED) is 0.0407. The van der Waals surface area contributed by atoms with Crippen molar-refractivity contribution in [3.05, 3.63) is 107 Å². The van der Waals surface area contributed by atoms with Crippen molar-refractivity contribution < 1.29 is 88.6 Å². The molecule has 0 spiro atoms. The average Bonchev–Trinajstić information content (AvgIpc) is 3.79. The van der Waals surface area contributed by atoms with Crippen LogP contribution in [-0.4, -0.2) is 154 Å². The van der Waals surface area contributed by atoms with Gasteiger partial charge in [-0.25, -0.2) is 0 Å². The van der Waals surface area contributed by atoms with Gasteiger partial charge in [-0.05, 0) is 86.2 Å². The molecule has 4 aliphatic rings. The van der Waals surface area contributed by atoms with Crippen LogP contribution in [0.5, 0.6) is 0 Å². The Morgan fingerprint density at radius 3 is 1.76 bits per heavy atom. The molecule has 6 rings (SSSR count). The molecule has 408 valence electrons. The van der Waals surface area contributed by atoms with E-state index in [0.717, 1.165) is 29.2 Å². The summed E-state index contributed by atoms with van der Waals surface area (Å²) in [6, 6.07) is 7.61. The number of benzene rings is 2. The van der Waals surface area contributed by atoms with Crippen LogP contribution >= 0.6 is 0 Å². The van der Waals surface area contributed by atoms with Gasteiger partial charge in [0.05, 0.1) is 32.5 Å². The van der Waals surface area contributed by atoms with Gasteiger partial charge in [-0.15, -0.1) is 0 Å². The van der Waals surface area contributed by atoms with Gasteiger partial charge in [-0.2, -0.15) is 46.7 Å². The molecule has 0 fully saturated rings. The maximum atomic E-state index is 14.8. The first-order valence-electron chi connectivity index (χ1n) is 22.9. The fourth-order valence-corrected chi connectivity index (χ4v) is 12.0. The third kappa shape index (κ3) is 13.6. The third-order valence-electron chi connectivity index (χ3n) is 13.2. The minimum atomic E-state index is -4.71. The normalized spacial score (nSPS) is 20.8. The molecule has 1 aliphatic carbocycles. The second-order valence-electron chi connectivity index (χ2n) is 19.3. The second kappa shape index (κ2) is 21.3. The van der Waals surface area contributed by atoms with E-state index in [1.807, 2.05) is 0 Å². The summed E-state index contributed by atoms with van der Waals surface area (Å²) in [5.41, 5.74) is -1.51. The van der Waals surface area contributed by atoms with Crippen LogP contribution in [0.4, 0.5) is 11.4 Å². The van der Waals surface area contributed by atoms with Gasteiger partial charge in [0, 0.05) is 79.3 Å². The lowest BCUT2D eigenvalue weighted by Crippen LogP contribution is -2.54. The first-order valence-corrected chi connectivity index (χ1v) is 30.6. The van der Waals surface area contributed by atoms with Crippen molar-refractivity contribution >= 4 is 91.3 Å². The minimum absolute atomic E-state index is 0.0520. The number of rotatable bonds is 21. The maximum absolute atomic E-state index is 14.8. The van der Waals surface area contributed by atoms with E-state index >= 15 is 0 Å². The number of hydrogen-bond acceptors (Lipinski definition) is 15. The molecule has 7 N–H and O–H groups in total. The SMILES string of the molecule is CC1(C)C(/C=C/C2=CC(=C/C=C3/N(CCCS(=O)(=O)O)c4ccc(S(=O)(=O)O)cc4C3(C)C)/CC(C(=O)NCCN3C(=O)C=CC3=O)(C(=O)NCCS(=O)(=O)O)C2)=[N+](CCCS(=O)(=O)O)c2ccc(S(=O)(=O)O)cc21. The van der Waals surface area contributed by atoms with Gasteiger partial charge in [0.2, 0.25) is 17.5 Å². The number of anilines is 1. The first-order chi connectivity index (χ1) is 34.4. The highest BCUT2D eigenvalue weighted by Crippen LogP contribution is 2.49.